The third kappa shape index (κ3) is 3.71. The molecular weight excluding hydrogens is 654 g/mol. The summed E-state index contributed by atoms with van der Waals surface area (Å²) in [4.78, 5) is 53.2. The summed E-state index contributed by atoms with van der Waals surface area (Å²) < 4.78 is 5.55. The average Bonchev–Trinajstić information content (AvgIpc) is 3.31. The van der Waals surface area contributed by atoms with E-state index in [0.29, 0.717) is 5.57 Å². The van der Waals surface area contributed by atoms with Gasteiger partial charge in [0, 0.05) is 11.5 Å². The van der Waals surface area contributed by atoms with Gasteiger partial charge in [0.05, 0.1) is 30.1 Å². The summed E-state index contributed by atoms with van der Waals surface area (Å²) in [6.07, 6.45) is 1.66. The van der Waals surface area contributed by atoms with Crippen LogP contribution < -0.4 is 15.1 Å². The van der Waals surface area contributed by atoms with Gasteiger partial charge in [0.15, 0.2) is 9.75 Å². The summed E-state index contributed by atoms with van der Waals surface area (Å²) in [6.45, 7) is 0. The summed E-state index contributed by atoms with van der Waals surface area (Å²) in [5.41, 5.74) is 0.744. The number of hydrogen-bond donors (Lipinski definition) is 3. The molecule has 0 spiro atoms. The third-order valence-electron chi connectivity index (χ3n) is 8.99. The number of phenolic OH excluding ortho intramolecular Hbond substituents is 1. The fourth-order valence-corrected chi connectivity index (χ4v) is 8.56. The lowest BCUT2D eigenvalue weighted by atomic mass is 9.56. The van der Waals surface area contributed by atoms with Crippen molar-refractivity contribution in [3.63, 3.8) is 0 Å². The van der Waals surface area contributed by atoms with Crippen LogP contribution in [0.4, 0.5) is 5.69 Å². The van der Waals surface area contributed by atoms with Crippen LogP contribution in [0.3, 0.4) is 0 Å². The quantitative estimate of drug-likeness (QED) is 0.143. The number of amides is 4. The van der Waals surface area contributed by atoms with Crippen molar-refractivity contribution in [2.24, 2.45) is 17.8 Å². The number of fused-ring (bicyclic) bond motifs is 4. The lowest BCUT2D eigenvalue weighted by Gasteiger charge is -2.50. The lowest BCUT2D eigenvalue weighted by molar-refractivity contribution is -0.138. The van der Waals surface area contributed by atoms with Gasteiger partial charge in [0.1, 0.15) is 11.5 Å². The van der Waals surface area contributed by atoms with Crippen molar-refractivity contribution in [3.05, 3.63) is 59.7 Å². The van der Waals surface area contributed by atoms with Crippen molar-refractivity contribution in [2.75, 3.05) is 17.5 Å². The van der Waals surface area contributed by atoms with Crippen molar-refractivity contribution in [1.29, 1.82) is 0 Å². The number of imide groups is 2. The van der Waals surface area contributed by atoms with Crippen LogP contribution in [0, 0.1) is 17.8 Å². The number of aromatic hydroxyl groups is 1. The zero-order valence-corrected chi connectivity index (χ0v) is 25.1. The Morgan fingerprint density at radius 2 is 1.76 bits per heavy atom. The molecule has 2 aliphatic carbocycles. The number of hydrogen-bond acceptors (Lipinski definition) is 8. The molecule has 4 amide bonds. The van der Waals surface area contributed by atoms with E-state index in [9.17, 15) is 34.3 Å². The van der Waals surface area contributed by atoms with Gasteiger partial charge >= 0.3 is 7.12 Å². The minimum absolute atomic E-state index is 0.0997. The second-order valence-electron chi connectivity index (χ2n) is 10.9. The van der Waals surface area contributed by atoms with Crippen LogP contribution in [0.5, 0.6) is 11.5 Å². The molecule has 0 radical (unpaired) electrons. The smallest absolute Gasteiger partial charge is 0.488 e. The predicted octanol–water partition coefficient (Wildman–Crippen LogP) is 2.00. The van der Waals surface area contributed by atoms with E-state index in [0.717, 1.165) is 9.80 Å². The number of phenols is 1. The molecule has 4 aliphatic rings. The maximum atomic E-state index is 14.1. The number of halogens is 3. The van der Waals surface area contributed by atoms with E-state index in [1.165, 1.54) is 37.4 Å². The number of alkyl halides is 3. The van der Waals surface area contributed by atoms with E-state index in [1.807, 2.05) is 0 Å². The Morgan fingerprint density at radius 1 is 1.05 bits per heavy atom. The van der Waals surface area contributed by atoms with Crippen LogP contribution in [0.25, 0.3) is 0 Å². The molecule has 0 bridgehead atoms. The van der Waals surface area contributed by atoms with E-state index in [-0.39, 0.29) is 46.5 Å². The summed E-state index contributed by atoms with van der Waals surface area (Å²) in [7, 11) is -0.420. The first-order chi connectivity index (χ1) is 19.9. The predicted molar refractivity (Wildman–Crippen MR) is 157 cm³/mol. The zero-order valence-electron chi connectivity index (χ0n) is 22.0. The van der Waals surface area contributed by atoms with E-state index in [2.05, 4.69) is 15.9 Å². The summed E-state index contributed by atoms with van der Waals surface area (Å²) in [5, 5.41) is 30.4. The molecule has 3 N–H and O–H groups in total. The Hall–Kier alpha value is -2.90. The molecule has 2 aromatic carbocycles. The molecule has 6 unspecified atom stereocenters. The number of benzene rings is 2. The zero-order chi connectivity index (χ0) is 30.3. The first kappa shape index (κ1) is 29.2. The maximum absolute atomic E-state index is 14.1. The number of anilines is 1. The summed E-state index contributed by atoms with van der Waals surface area (Å²) in [5.74, 6) is -6.33. The SMILES string of the molecule is COc1cccc(O)c1C1C2=CCC3C(=O)N(c4cccc(B(O)O)c4)C(=O)C3C2CC2(Cl)C(=O)N(CBr)C(=O)C12Cl. The van der Waals surface area contributed by atoms with Crippen LogP contribution >= 0.6 is 39.1 Å². The Labute approximate surface area is 259 Å². The highest BCUT2D eigenvalue weighted by Crippen LogP contribution is 2.67. The van der Waals surface area contributed by atoms with E-state index >= 15 is 0 Å². The summed E-state index contributed by atoms with van der Waals surface area (Å²) >= 11 is 17.6. The number of nitrogens with zero attached hydrogens (tertiary/aromatic N) is 2. The minimum Gasteiger partial charge on any atom is -0.508 e. The number of rotatable bonds is 5. The molecule has 1 saturated carbocycles. The molecule has 6 atom stereocenters. The van der Waals surface area contributed by atoms with Gasteiger partial charge in [0.25, 0.3) is 11.8 Å². The first-order valence-electron chi connectivity index (χ1n) is 13.1. The number of methoxy groups -OCH3 is 1. The highest BCUT2D eigenvalue weighted by Gasteiger charge is 2.76. The molecular formula is C28H24BBrCl2N2O8. The van der Waals surface area contributed by atoms with Crippen molar-refractivity contribution in [2.45, 2.75) is 28.5 Å². The van der Waals surface area contributed by atoms with Gasteiger partial charge in [-0.3, -0.25) is 29.0 Å². The third-order valence-corrected chi connectivity index (χ3v) is 10.9. The minimum atomic E-state index is -2.09. The number of likely N-dealkylation sites (tertiary alicyclic amines) is 1. The van der Waals surface area contributed by atoms with Gasteiger partial charge in [-0.1, -0.05) is 45.8 Å². The maximum Gasteiger partial charge on any atom is 0.488 e. The molecule has 2 heterocycles. The van der Waals surface area contributed by atoms with Gasteiger partial charge in [-0.2, -0.15) is 0 Å². The van der Waals surface area contributed by atoms with Gasteiger partial charge in [-0.05, 0) is 48.5 Å². The Morgan fingerprint density at radius 3 is 2.43 bits per heavy atom. The summed E-state index contributed by atoms with van der Waals surface area (Å²) in [6, 6.07) is 10.4. The molecule has 10 nitrogen and oxygen atoms in total. The van der Waals surface area contributed by atoms with Crippen molar-refractivity contribution in [1.82, 2.24) is 4.90 Å². The largest absolute Gasteiger partial charge is 0.508 e. The van der Waals surface area contributed by atoms with Gasteiger partial charge in [-0.25, -0.2) is 0 Å². The van der Waals surface area contributed by atoms with Crippen LogP contribution in [0.2, 0.25) is 0 Å². The second kappa shape index (κ2) is 10.1. The van der Waals surface area contributed by atoms with Crippen molar-refractivity contribution < 1.29 is 39.1 Å². The number of carbonyl (C=O) groups is 4. The van der Waals surface area contributed by atoms with E-state index < -0.39 is 64.2 Å². The van der Waals surface area contributed by atoms with Crippen LogP contribution in [0.15, 0.2) is 54.1 Å². The van der Waals surface area contributed by atoms with Crippen LogP contribution in [-0.2, 0) is 19.2 Å². The molecule has 14 heteroatoms. The monoisotopic (exact) mass is 676 g/mol. The Kier molecular flexibility index (Phi) is 7.01. The molecule has 42 heavy (non-hydrogen) atoms. The molecule has 2 saturated heterocycles. The van der Waals surface area contributed by atoms with Crippen LogP contribution in [0.1, 0.15) is 24.3 Å². The fraction of sp³-hybridized carbons (Fsp3) is 0.357. The first-order valence-corrected chi connectivity index (χ1v) is 15.0. The van der Waals surface area contributed by atoms with Crippen molar-refractivity contribution in [3.8, 4) is 11.5 Å². The van der Waals surface area contributed by atoms with Crippen LogP contribution in [-0.4, -0.2) is 73.1 Å². The Balaban J connectivity index is 1.53. The lowest BCUT2D eigenvalue weighted by Crippen LogP contribution is -2.60. The Bertz CT molecular complexity index is 1590. The second-order valence-corrected chi connectivity index (χ2v) is 12.6. The normalized spacial score (nSPS) is 32.0. The molecule has 0 aromatic heterocycles. The van der Waals surface area contributed by atoms with E-state index in [1.54, 1.807) is 18.2 Å². The molecule has 6 rings (SSSR count). The van der Waals surface area contributed by atoms with Crippen molar-refractivity contribution >= 4 is 81.0 Å². The number of allylic oxidation sites excluding steroid dienone is 2. The standard InChI is InChI=1S/C28H24BBrCl2N2O8/c1-42-19-7-3-6-18(35)21(19)22-15-8-9-16-20(17(15)11-27(31)25(38)33(12-30)26(39)28(22,27)32)24(37)34(23(16)36)14-5-2-4-13(10-14)29(40)41/h2-8,10,16-17,20,22,35,40-41H,9,11-12H2,1H3. The van der Waals surface area contributed by atoms with Gasteiger partial charge in [0.2, 0.25) is 11.8 Å². The highest BCUT2D eigenvalue weighted by molar-refractivity contribution is 9.09. The van der Waals surface area contributed by atoms with Gasteiger partial charge < -0.3 is 19.9 Å². The number of ether oxygens (including phenoxy) is 1. The average molecular weight is 678 g/mol. The molecule has 218 valence electrons. The molecule has 2 aromatic rings. The molecule has 2 aliphatic heterocycles. The van der Waals surface area contributed by atoms with E-state index in [4.69, 9.17) is 27.9 Å². The highest BCUT2D eigenvalue weighted by atomic mass is 79.9. The molecule has 3 fully saturated rings. The van der Waals surface area contributed by atoms with Gasteiger partial charge in [-0.15, -0.1) is 23.2 Å². The fourth-order valence-electron chi connectivity index (χ4n) is 7.15. The number of carbonyl (C=O) groups excluding carboxylic acids is 4. The topological polar surface area (TPSA) is 145 Å².